The fourth-order valence-electron chi connectivity index (χ4n) is 3.53. The minimum atomic E-state index is -3.71. The Balaban J connectivity index is 1.69. The van der Waals surface area contributed by atoms with Gasteiger partial charge in [-0.3, -0.25) is 9.59 Å². The number of carbonyl (C=O) groups is 1. The maximum absolute atomic E-state index is 12.8. The summed E-state index contributed by atoms with van der Waals surface area (Å²) in [5.74, 6) is -0.686. The molecule has 1 aromatic heterocycles. The highest BCUT2D eigenvalue weighted by Gasteiger charge is 2.41. The molecule has 2 saturated heterocycles. The van der Waals surface area contributed by atoms with Gasteiger partial charge in [-0.15, -0.1) is 0 Å². The van der Waals surface area contributed by atoms with E-state index in [9.17, 15) is 26.4 Å². The van der Waals surface area contributed by atoms with Crippen molar-refractivity contribution in [2.75, 3.05) is 37.7 Å². The minimum absolute atomic E-state index is 0.0603. The predicted octanol–water partition coefficient (Wildman–Crippen LogP) is -0.227. The number of H-pyrrole nitrogens is 1. The molecule has 9 nitrogen and oxygen atoms in total. The Labute approximate surface area is 164 Å². The lowest BCUT2D eigenvalue weighted by Gasteiger charge is -2.35. The Morgan fingerprint density at radius 1 is 1.18 bits per heavy atom. The normalized spacial score (nSPS) is 23.2. The van der Waals surface area contributed by atoms with Gasteiger partial charge in [0.2, 0.25) is 15.6 Å². The van der Waals surface area contributed by atoms with Gasteiger partial charge in [-0.2, -0.15) is 4.31 Å². The van der Waals surface area contributed by atoms with Gasteiger partial charge in [-0.25, -0.2) is 16.8 Å². The first kappa shape index (κ1) is 21.0. The largest absolute Gasteiger partial charge is 0.336 e. The molecule has 1 amide bonds. The molecule has 1 N–H and O–H groups in total. The van der Waals surface area contributed by atoms with Gasteiger partial charge in [0.25, 0.3) is 5.91 Å². The monoisotopic (exact) mass is 431 g/mol. The number of aromatic amines is 1. The van der Waals surface area contributed by atoms with Crippen LogP contribution in [0.4, 0.5) is 0 Å². The molecule has 3 heterocycles. The van der Waals surface area contributed by atoms with Crippen LogP contribution < -0.4 is 5.56 Å². The zero-order chi connectivity index (χ0) is 20.7. The topological polar surface area (TPSA) is 125 Å². The van der Waals surface area contributed by atoms with Crippen LogP contribution in [0.3, 0.4) is 0 Å². The number of aromatic nitrogens is 1. The van der Waals surface area contributed by atoms with E-state index in [1.54, 1.807) is 6.07 Å². The molecule has 0 radical (unpaired) electrons. The number of sulfonamides is 1. The molecular formula is C17H25N3O6S2. The van der Waals surface area contributed by atoms with Crippen molar-refractivity contribution in [3.63, 3.8) is 0 Å². The molecule has 0 unspecified atom stereocenters. The summed E-state index contributed by atoms with van der Waals surface area (Å²) < 4.78 is 49.9. The first-order chi connectivity index (χ1) is 13.0. The molecule has 11 heteroatoms. The fraction of sp³-hybridized carbons (Fsp3) is 0.647. The first-order valence-electron chi connectivity index (χ1n) is 9.22. The average Bonchev–Trinajstić information content (AvgIpc) is 3.01. The number of nitrogens with zero attached hydrogens (tertiary/aromatic N) is 2. The van der Waals surface area contributed by atoms with E-state index < -0.39 is 25.1 Å². The van der Waals surface area contributed by atoms with Gasteiger partial charge >= 0.3 is 0 Å². The van der Waals surface area contributed by atoms with Gasteiger partial charge in [0.15, 0.2) is 9.84 Å². The van der Waals surface area contributed by atoms with E-state index >= 15 is 0 Å². The summed E-state index contributed by atoms with van der Waals surface area (Å²) in [5, 5.41) is -0.902. The van der Waals surface area contributed by atoms with Crippen LogP contribution in [0.1, 0.15) is 42.2 Å². The molecule has 0 spiro atoms. The molecule has 1 atom stereocenters. The molecule has 0 bridgehead atoms. The summed E-state index contributed by atoms with van der Waals surface area (Å²) in [6, 6.07) is 2.90. The van der Waals surface area contributed by atoms with Crippen LogP contribution in [-0.4, -0.2) is 79.9 Å². The lowest BCUT2D eigenvalue weighted by Crippen LogP contribution is -2.52. The highest BCUT2D eigenvalue weighted by Crippen LogP contribution is 2.23. The number of amides is 1. The van der Waals surface area contributed by atoms with Crippen molar-refractivity contribution in [2.45, 2.75) is 31.4 Å². The number of hydrogen-bond acceptors (Lipinski definition) is 6. The van der Waals surface area contributed by atoms with E-state index in [0.29, 0.717) is 5.69 Å². The van der Waals surface area contributed by atoms with Gasteiger partial charge in [0.05, 0.1) is 16.8 Å². The van der Waals surface area contributed by atoms with E-state index in [-0.39, 0.29) is 67.1 Å². The molecule has 2 aliphatic rings. The predicted molar refractivity (Wildman–Crippen MR) is 105 cm³/mol. The Morgan fingerprint density at radius 2 is 1.82 bits per heavy atom. The third-order valence-electron chi connectivity index (χ3n) is 5.23. The van der Waals surface area contributed by atoms with E-state index in [4.69, 9.17) is 0 Å². The summed E-state index contributed by atoms with van der Waals surface area (Å²) in [6.07, 6.45) is 0.120. The first-order valence-corrected chi connectivity index (χ1v) is 12.5. The average molecular weight is 432 g/mol. The number of nitrogens with one attached hydrogen (secondary N) is 1. The third-order valence-corrected chi connectivity index (χ3v) is 9.54. The van der Waals surface area contributed by atoms with Crippen LogP contribution in [0, 0.1) is 0 Å². The zero-order valence-electron chi connectivity index (χ0n) is 15.9. The second-order valence-electron chi connectivity index (χ2n) is 7.60. The van der Waals surface area contributed by atoms with Gasteiger partial charge in [-0.1, -0.05) is 13.8 Å². The van der Waals surface area contributed by atoms with Gasteiger partial charge < -0.3 is 9.88 Å². The number of pyridine rings is 1. The number of piperazine rings is 1. The lowest BCUT2D eigenvalue weighted by molar-refractivity contribution is 0.0697. The third kappa shape index (κ3) is 4.31. The number of carbonyl (C=O) groups excluding carboxylic acids is 1. The van der Waals surface area contributed by atoms with Gasteiger partial charge in [-0.05, 0) is 18.4 Å². The second kappa shape index (κ2) is 7.60. The smallest absolute Gasteiger partial charge is 0.254 e. The maximum atomic E-state index is 12.8. The Bertz CT molecular complexity index is 1020. The van der Waals surface area contributed by atoms with Crippen LogP contribution in [-0.2, 0) is 19.9 Å². The molecule has 156 valence electrons. The highest BCUT2D eigenvalue weighted by molar-refractivity contribution is 7.95. The SMILES string of the molecule is CC(C)c1cc(C(=O)N2CCN(S(=O)(=O)[C@@H]3CCS(=O)(=O)C3)CC2)cc(=O)[nH]1. The van der Waals surface area contributed by atoms with Gasteiger partial charge in [0, 0.05) is 43.5 Å². The van der Waals surface area contributed by atoms with E-state index in [1.165, 1.54) is 15.3 Å². The van der Waals surface area contributed by atoms with Crippen molar-refractivity contribution in [3.05, 3.63) is 33.7 Å². The van der Waals surface area contributed by atoms with Crippen LogP contribution in [0.25, 0.3) is 0 Å². The molecule has 1 aromatic rings. The van der Waals surface area contributed by atoms with E-state index in [0.717, 1.165) is 0 Å². The van der Waals surface area contributed by atoms with Crippen molar-refractivity contribution in [2.24, 2.45) is 0 Å². The van der Waals surface area contributed by atoms with E-state index in [1.807, 2.05) is 13.8 Å². The molecule has 0 aliphatic carbocycles. The summed E-state index contributed by atoms with van der Waals surface area (Å²) in [6.45, 7) is 4.44. The number of sulfone groups is 1. The molecule has 0 saturated carbocycles. The lowest BCUT2D eigenvalue weighted by atomic mass is 10.1. The van der Waals surface area contributed by atoms with Crippen LogP contribution in [0.2, 0.25) is 0 Å². The summed E-state index contributed by atoms with van der Waals surface area (Å²) >= 11 is 0. The molecule has 28 heavy (non-hydrogen) atoms. The summed E-state index contributed by atoms with van der Waals surface area (Å²) in [4.78, 5) is 28.8. The zero-order valence-corrected chi connectivity index (χ0v) is 17.6. The standard InChI is InChI=1S/C17H25N3O6S2/c1-12(2)15-9-13(10-16(21)18-15)17(22)19-4-6-20(7-5-19)28(25,26)14-3-8-27(23,24)11-14/h9-10,12,14H,3-8,11H2,1-2H3,(H,18,21)/t14-/m1/s1. The van der Waals surface area contributed by atoms with Crippen molar-refractivity contribution in [1.82, 2.24) is 14.2 Å². The van der Waals surface area contributed by atoms with Crippen molar-refractivity contribution in [1.29, 1.82) is 0 Å². The minimum Gasteiger partial charge on any atom is -0.336 e. The van der Waals surface area contributed by atoms with Crippen LogP contribution >= 0.6 is 0 Å². The Morgan fingerprint density at radius 3 is 2.36 bits per heavy atom. The van der Waals surface area contributed by atoms with Crippen LogP contribution in [0.15, 0.2) is 16.9 Å². The van der Waals surface area contributed by atoms with Gasteiger partial charge in [0.1, 0.15) is 0 Å². The Kier molecular flexibility index (Phi) is 5.70. The van der Waals surface area contributed by atoms with Crippen molar-refractivity contribution >= 4 is 25.8 Å². The highest BCUT2D eigenvalue weighted by atomic mass is 32.2. The maximum Gasteiger partial charge on any atom is 0.254 e. The fourth-order valence-corrected chi connectivity index (χ4v) is 8.05. The molecule has 3 rings (SSSR count). The van der Waals surface area contributed by atoms with Crippen molar-refractivity contribution in [3.8, 4) is 0 Å². The second-order valence-corrected chi connectivity index (χ2v) is 12.0. The van der Waals surface area contributed by atoms with Crippen LogP contribution in [0.5, 0.6) is 0 Å². The molecule has 2 fully saturated rings. The van der Waals surface area contributed by atoms with E-state index in [2.05, 4.69) is 4.98 Å². The number of rotatable bonds is 4. The number of hydrogen-bond donors (Lipinski definition) is 1. The molecule has 2 aliphatic heterocycles. The summed E-state index contributed by atoms with van der Waals surface area (Å²) in [5.41, 5.74) is 0.600. The molecular weight excluding hydrogens is 406 g/mol. The quantitative estimate of drug-likeness (QED) is 0.702. The Hall–Kier alpha value is -1.72. The van der Waals surface area contributed by atoms with Crippen molar-refractivity contribution < 1.29 is 21.6 Å². The molecule has 0 aromatic carbocycles. The summed E-state index contributed by atoms with van der Waals surface area (Å²) in [7, 11) is -7.01.